The smallest absolute Gasteiger partial charge is 0.408 e. The highest BCUT2D eigenvalue weighted by Crippen LogP contribution is 2.45. The van der Waals surface area contributed by atoms with Crippen molar-refractivity contribution in [1.29, 1.82) is 0 Å². The number of ether oxygens (including phenoxy) is 3. The van der Waals surface area contributed by atoms with E-state index in [9.17, 15) is 27.6 Å². The molecule has 1 saturated heterocycles. The van der Waals surface area contributed by atoms with Gasteiger partial charge in [-0.15, -0.1) is 6.58 Å². The van der Waals surface area contributed by atoms with Crippen molar-refractivity contribution < 1.29 is 46.0 Å². The highest BCUT2D eigenvalue weighted by molar-refractivity contribution is 7.85. The van der Waals surface area contributed by atoms with Crippen molar-refractivity contribution in [3.63, 3.8) is 0 Å². The number of halogens is 1. The van der Waals surface area contributed by atoms with Crippen LogP contribution in [0.3, 0.4) is 0 Å². The largest absolute Gasteiger partial charge is 0.495 e. The topological polar surface area (TPSA) is 192 Å². The highest BCUT2D eigenvalue weighted by Gasteiger charge is 2.62. The molecule has 5 atom stereocenters. The number of nitrogens with one attached hydrogen (secondary N) is 3. The van der Waals surface area contributed by atoms with Gasteiger partial charge >= 0.3 is 16.4 Å². The van der Waals surface area contributed by atoms with Gasteiger partial charge in [-0.1, -0.05) is 38.4 Å². The molecule has 1 aliphatic heterocycles. The molecule has 15 nitrogen and oxygen atoms in total. The lowest BCUT2D eigenvalue weighted by Gasteiger charge is -2.35. The summed E-state index contributed by atoms with van der Waals surface area (Å²) in [5.41, 5.74) is -2.03. The quantitative estimate of drug-likeness (QED) is 0.250. The fraction of sp³-hybridized carbons (Fsp3) is 0.583. The second-order valence-electron chi connectivity index (χ2n) is 15.2. The summed E-state index contributed by atoms with van der Waals surface area (Å²) in [5.74, 6) is -2.01. The minimum absolute atomic E-state index is 0.00575. The molecule has 3 unspecified atom stereocenters. The Hall–Kier alpha value is -4.15. The maximum Gasteiger partial charge on any atom is 0.408 e. The molecular weight excluding hydrogens is 730 g/mol. The van der Waals surface area contributed by atoms with E-state index in [1.54, 1.807) is 39.0 Å². The van der Waals surface area contributed by atoms with Crippen LogP contribution in [0.25, 0.3) is 10.9 Å². The zero-order valence-electron chi connectivity index (χ0n) is 30.2. The van der Waals surface area contributed by atoms with Gasteiger partial charge in [-0.3, -0.25) is 23.6 Å². The minimum Gasteiger partial charge on any atom is -0.495 e. The molecule has 6 rings (SSSR count). The number of aromatic nitrogens is 1. The minimum atomic E-state index is -4.43. The molecule has 3 aliphatic carbocycles. The third kappa shape index (κ3) is 8.49. The number of benzene rings is 1. The molecule has 4 fully saturated rings. The summed E-state index contributed by atoms with van der Waals surface area (Å²) in [5, 5.41) is 6.35. The number of carbonyl (C=O) groups excluding carboxylic acids is 4. The Labute approximate surface area is 313 Å². The summed E-state index contributed by atoms with van der Waals surface area (Å²) >= 11 is 6.54. The van der Waals surface area contributed by atoms with Gasteiger partial charge in [-0.05, 0) is 68.6 Å². The first-order chi connectivity index (χ1) is 25.0. The van der Waals surface area contributed by atoms with Gasteiger partial charge in [0.15, 0.2) is 0 Å². The van der Waals surface area contributed by atoms with E-state index in [1.165, 1.54) is 24.3 Å². The van der Waals surface area contributed by atoms with Gasteiger partial charge in [-0.2, -0.15) is 8.42 Å². The van der Waals surface area contributed by atoms with Crippen molar-refractivity contribution in [3.8, 4) is 11.5 Å². The van der Waals surface area contributed by atoms with Crippen molar-refractivity contribution >= 4 is 56.6 Å². The monoisotopic (exact) mass is 775 g/mol. The summed E-state index contributed by atoms with van der Waals surface area (Å²) in [4.78, 5) is 61.0. The first-order valence-electron chi connectivity index (χ1n) is 17.8. The number of likely N-dealkylation sites (tertiary alicyclic amines) is 1. The van der Waals surface area contributed by atoms with Crippen molar-refractivity contribution in [2.24, 2.45) is 11.3 Å². The lowest BCUT2D eigenvalue weighted by molar-refractivity contribution is -0.143. The molecule has 288 valence electrons. The van der Waals surface area contributed by atoms with E-state index in [4.69, 9.17) is 30.0 Å². The molecule has 2 heterocycles. The first-order valence-corrected chi connectivity index (χ1v) is 19.6. The van der Waals surface area contributed by atoms with Gasteiger partial charge in [0, 0.05) is 23.9 Å². The number of rotatable bonds is 13. The van der Waals surface area contributed by atoms with Crippen LogP contribution in [0.4, 0.5) is 4.79 Å². The maximum absolute atomic E-state index is 14.5. The zero-order valence-corrected chi connectivity index (χ0v) is 31.8. The zero-order chi connectivity index (χ0) is 38.3. The first kappa shape index (κ1) is 38.6. The molecule has 53 heavy (non-hydrogen) atoms. The summed E-state index contributed by atoms with van der Waals surface area (Å²) in [6, 6.07) is 2.77. The van der Waals surface area contributed by atoms with E-state index < -0.39 is 75.3 Å². The van der Waals surface area contributed by atoms with Crippen LogP contribution in [0.1, 0.15) is 72.1 Å². The Balaban J connectivity index is 1.27. The number of nitrogens with zero attached hydrogens (tertiary/aromatic N) is 2. The Kier molecular flexibility index (Phi) is 10.9. The van der Waals surface area contributed by atoms with E-state index in [0.29, 0.717) is 35.2 Å². The third-order valence-electron chi connectivity index (χ3n) is 10.1. The Morgan fingerprint density at radius 3 is 2.40 bits per heavy atom. The summed E-state index contributed by atoms with van der Waals surface area (Å²) in [6.45, 7) is 9.04. The highest BCUT2D eigenvalue weighted by atomic mass is 35.5. The predicted octanol–water partition coefficient (Wildman–Crippen LogP) is 3.93. The summed E-state index contributed by atoms with van der Waals surface area (Å²) in [7, 11) is -2.94. The Morgan fingerprint density at radius 1 is 1.06 bits per heavy atom. The average molecular weight is 776 g/mol. The molecule has 2 aromatic rings. The van der Waals surface area contributed by atoms with Gasteiger partial charge in [0.1, 0.15) is 46.4 Å². The molecule has 3 N–H and O–H groups in total. The normalized spacial score (nSPS) is 25.0. The van der Waals surface area contributed by atoms with Crippen LogP contribution in [-0.2, 0) is 33.6 Å². The van der Waals surface area contributed by atoms with Crippen LogP contribution in [0.5, 0.6) is 11.5 Å². The van der Waals surface area contributed by atoms with Crippen molar-refractivity contribution in [1.82, 2.24) is 25.2 Å². The third-order valence-corrected chi connectivity index (χ3v) is 11.5. The van der Waals surface area contributed by atoms with Crippen LogP contribution in [0.2, 0.25) is 5.02 Å². The fourth-order valence-electron chi connectivity index (χ4n) is 6.99. The number of alkyl carbamates (subject to hydrolysis) is 1. The standard InChI is InChI=1S/C36H46ClN5O10S/c1-6-20-18-36(20,33(45)41-53(47,48)52-22-11-12-22)40-31(43)25-17-23(50-26-15-16-38-29-24(26)13-14-27(49-5)28(29)37)19-42(25)32(44)30(35(2,3)4)39-34(46)51-21-9-7-8-10-21/h6,13-16,20-23,25,30H,1,7-12,17-19H2,2-5H3,(H,39,46)(H,40,43)(H,41,45)/t20-,23?,25?,30?,36+/m0/s1. The number of hydrogen-bond donors (Lipinski definition) is 3. The van der Waals surface area contributed by atoms with Gasteiger partial charge in [0.2, 0.25) is 11.8 Å². The molecule has 17 heteroatoms. The molecule has 4 amide bonds. The predicted molar refractivity (Wildman–Crippen MR) is 193 cm³/mol. The summed E-state index contributed by atoms with van der Waals surface area (Å²) < 4.78 is 49.4. The number of amides is 4. The number of hydrogen-bond acceptors (Lipinski definition) is 11. The molecule has 0 radical (unpaired) electrons. The molecule has 3 saturated carbocycles. The van der Waals surface area contributed by atoms with Crippen LogP contribution in [0.15, 0.2) is 37.1 Å². The van der Waals surface area contributed by atoms with Crippen LogP contribution < -0.4 is 24.8 Å². The molecule has 0 bridgehead atoms. The van der Waals surface area contributed by atoms with Gasteiger partial charge in [0.25, 0.3) is 5.91 Å². The fourth-order valence-corrected chi connectivity index (χ4v) is 8.29. The van der Waals surface area contributed by atoms with Crippen LogP contribution in [-0.4, -0.2) is 91.7 Å². The Bertz CT molecular complexity index is 1890. The molecule has 0 spiro atoms. The van der Waals surface area contributed by atoms with Crippen LogP contribution in [0, 0.1) is 11.3 Å². The van der Waals surface area contributed by atoms with E-state index in [0.717, 1.165) is 25.7 Å². The lowest BCUT2D eigenvalue weighted by atomic mass is 9.85. The van der Waals surface area contributed by atoms with Crippen molar-refractivity contribution in [2.45, 2.75) is 108 Å². The van der Waals surface area contributed by atoms with E-state index in [2.05, 4.69) is 22.2 Å². The van der Waals surface area contributed by atoms with Gasteiger partial charge < -0.3 is 29.7 Å². The maximum atomic E-state index is 14.5. The molecular formula is C36H46ClN5O10S. The number of pyridine rings is 1. The molecule has 4 aliphatic rings. The van der Waals surface area contributed by atoms with E-state index >= 15 is 0 Å². The van der Waals surface area contributed by atoms with Crippen molar-refractivity contribution in [2.75, 3.05) is 13.7 Å². The van der Waals surface area contributed by atoms with Crippen LogP contribution >= 0.6 is 11.6 Å². The second kappa shape index (κ2) is 14.9. The molecule has 1 aromatic carbocycles. The van der Waals surface area contributed by atoms with Gasteiger partial charge in [0.05, 0.1) is 25.3 Å². The van der Waals surface area contributed by atoms with E-state index in [-0.39, 0.29) is 30.5 Å². The summed E-state index contributed by atoms with van der Waals surface area (Å²) in [6.07, 6.45) is 5.35. The number of fused-ring (bicyclic) bond motifs is 1. The molecule has 1 aromatic heterocycles. The van der Waals surface area contributed by atoms with Gasteiger partial charge in [-0.25, -0.2) is 9.52 Å². The SMILES string of the molecule is C=C[C@H]1C[C@]1(NC(=O)C1CC(Oc2ccnc3c(Cl)c(OC)ccc23)CN1C(=O)C(NC(=O)OC1CCCC1)C(C)(C)C)C(=O)NS(=O)(=O)OC1CC1. The van der Waals surface area contributed by atoms with E-state index in [1.807, 2.05) is 4.72 Å². The number of methoxy groups -OCH3 is 1. The van der Waals surface area contributed by atoms with Crippen molar-refractivity contribution in [3.05, 3.63) is 42.1 Å². The average Bonchev–Trinajstić information content (AvgIpc) is 3.92. The second-order valence-corrected chi connectivity index (χ2v) is 16.9. The Morgan fingerprint density at radius 2 is 1.77 bits per heavy atom. The number of carbonyl (C=O) groups is 4. The lowest BCUT2D eigenvalue weighted by Crippen LogP contribution is -2.60.